The number of carbonyl (C=O) groups excluding carboxylic acids is 1. The van der Waals surface area contributed by atoms with Crippen LogP contribution in [0, 0.1) is 0 Å². The second-order valence-corrected chi connectivity index (χ2v) is 7.38. The molecule has 2 amide bonds. The van der Waals surface area contributed by atoms with Crippen LogP contribution in [0.2, 0.25) is 0 Å². The molecule has 0 aliphatic heterocycles. The predicted octanol–water partition coefficient (Wildman–Crippen LogP) is 5.19. The van der Waals surface area contributed by atoms with Crippen LogP contribution in [-0.4, -0.2) is 32.7 Å². The maximum absolute atomic E-state index is 12.3. The molecule has 0 spiro atoms. The molecule has 5 aromatic rings. The van der Waals surface area contributed by atoms with Crippen molar-refractivity contribution in [1.29, 1.82) is 0 Å². The van der Waals surface area contributed by atoms with E-state index in [0.29, 0.717) is 28.7 Å². The minimum absolute atomic E-state index is 0.344. The molecule has 0 aliphatic rings. The van der Waals surface area contributed by atoms with Crippen LogP contribution < -0.4 is 20.7 Å². The maximum atomic E-state index is 12.3. The SMILES string of the molecule is COc1ccccc1Nc1nc2ccc(-c3cccc(NC(=O)Nc4cccnc4)c3)cn2n1. The number of urea groups is 1. The lowest BCUT2D eigenvalue weighted by Gasteiger charge is -2.09. The van der Waals surface area contributed by atoms with Gasteiger partial charge in [0.2, 0.25) is 5.95 Å². The van der Waals surface area contributed by atoms with E-state index in [1.807, 2.05) is 66.9 Å². The molecule has 0 aliphatic carbocycles. The number of hydrogen-bond donors (Lipinski definition) is 3. The van der Waals surface area contributed by atoms with Crippen molar-refractivity contribution >= 4 is 34.7 Å². The van der Waals surface area contributed by atoms with Crippen molar-refractivity contribution in [3.63, 3.8) is 0 Å². The van der Waals surface area contributed by atoms with Gasteiger partial charge in [-0.1, -0.05) is 24.3 Å². The van der Waals surface area contributed by atoms with E-state index in [4.69, 9.17) is 4.74 Å². The summed E-state index contributed by atoms with van der Waals surface area (Å²) in [6.07, 6.45) is 5.13. The van der Waals surface area contributed by atoms with E-state index in [9.17, 15) is 4.79 Å². The second-order valence-electron chi connectivity index (χ2n) is 7.38. The monoisotopic (exact) mass is 451 g/mol. The number of pyridine rings is 2. The molecule has 3 N–H and O–H groups in total. The Balaban J connectivity index is 1.34. The zero-order valence-electron chi connectivity index (χ0n) is 18.3. The van der Waals surface area contributed by atoms with Crippen LogP contribution in [0.4, 0.5) is 27.8 Å². The summed E-state index contributed by atoms with van der Waals surface area (Å²) in [5.41, 5.74) is 4.62. The number of methoxy groups -OCH3 is 1. The van der Waals surface area contributed by atoms with Gasteiger partial charge in [-0.2, -0.15) is 4.98 Å². The smallest absolute Gasteiger partial charge is 0.323 e. The van der Waals surface area contributed by atoms with Gasteiger partial charge in [-0.3, -0.25) is 4.98 Å². The third-order valence-electron chi connectivity index (χ3n) is 5.06. The number of hydrogen-bond acceptors (Lipinski definition) is 6. The van der Waals surface area contributed by atoms with Gasteiger partial charge in [0.15, 0.2) is 5.65 Å². The lowest BCUT2D eigenvalue weighted by molar-refractivity contribution is 0.262. The Morgan fingerprint density at radius 2 is 1.76 bits per heavy atom. The molecule has 0 unspecified atom stereocenters. The average molecular weight is 451 g/mol. The normalized spacial score (nSPS) is 10.6. The minimum Gasteiger partial charge on any atom is -0.495 e. The van der Waals surface area contributed by atoms with E-state index in [0.717, 1.165) is 16.8 Å². The number of fused-ring (bicyclic) bond motifs is 1. The molecule has 168 valence electrons. The summed E-state index contributed by atoms with van der Waals surface area (Å²) < 4.78 is 7.09. The highest BCUT2D eigenvalue weighted by Gasteiger charge is 2.09. The molecule has 2 aromatic carbocycles. The third kappa shape index (κ3) is 4.63. The number of benzene rings is 2. The first-order chi connectivity index (χ1) is 16.7. The number of aromatic nitrogens is 4. The lowest BCUT2D eigenvalue weighted by Crippen LogP contribution is -2.19. The summed E-state index contributed by atoms with van der Waals surface area (Å²) in [6, 6.07) is 22.2. The molecule has 3 aromatic heterocycles. The van der Waals surface area contributed by atoms with Gasteiger partial charge in [0.05, 0.1) is 24.7 Å². The van der Waals surface area contributed by atoms with Crippen LogP contribution in [0.15, 0.2) is 91.4 Å². The van der Waals surface area contributed by atoms with E-state index < -0.39 is 0 Å². The summed E-state index contributed by atoms with van der Waals surface area (Å²) in [7, 11) is 1.62. The summed E-state index contributed by atoms with van der Waals surface area (Å²) in [6.45, 7) is 0. The minimum atomic E-state index is -0.344. The van der Waals surface area contributed by atoms with Crippen LogP contribution in [0.1, 0.15) is 0 Å². The topological polar surface area (TPSA) is 105 Å². The van der Waals surface area contributed by atoms with Gasteiger partial charge in [-0.25, -0.2) is 9.31 Å². The van der Waals surface area contributed by atoms with E-state index in [1.54, 1.807) is 36.2 Å². The van der Waals surface area contributed by atoms with Crippen molar-refractivity contribution in [2.45, 2.75) is 0 Å². The Bertz CT molecular complexity index is 1450. The van der Waals surface area contributed by atoms with Crippen molar-refractivity contribution < 1.29 is 9.53 Å². The Morgan fingerprint density at radius 3 is 2.62 bits per heavy atom. The van der Waals surface area contributed by atoms with E-state index >= 15 is 0 Å². The number of ether oxygens (including phenoxy) is 1. The van der Waals surface area contributed by atoms with Crippen LogP contribution in [0.3, 0.4) is 0 Å². The highest BCUT2D eigenvalue weighted by Crippen LogP contribution is 2.27. The van der Waals surface area contributed by atoms with Crippen LogP contribution in [0.5, 0.6) is 5.75 Å². The molecular weight excluding hydrogens is 430 g/mol. The number of nitrogens with zero attached hydrogens (tertiary/aromatic N) is 4. The largest absolute Gasteiger partial charge is 0.495 e. The van der Waals surface area contributed by atoms with Gasteiger partial charge in [0.1, 0.15) is 5.75 Å². The first-order valence-corrected chi connectivity index (χ1v) is 10.5. The standard InChI is InChI=1S/C25H21N7O2/c1-34-22-10-3-2-9-21(22)29-24-30-23-12-11-18(16-32(23)31-24)17-6-4-7-19(14-17)27-25(33)28-20-8-5-13-26-15-20/h2-16H,1H3,(H,29,31)(H2,27,28,33). The molecule has 9 nitrogen and oxygen atoms in total. The molecule has 9 heteroatoms. The van der Waals surface area contributed by atoms with Gasteiger partial charge in [-0.15, -0.1) is 5.10 Å². The van der Waals surface area contributed by atoms with Gasteiger partial charge in [0, 0.05) is 23.6 Å². The summed E-state index contributed by atoms with van der Waals surface area (Å²) in [5.74, 6) is 1.17. The number of carbonyl (C=O) groups is 1. The van der Waals surface area contributed by atoms with Gasteiger partial charge >= 0.3 is 6.03 Å². The fourth-order valence-electron chi connectivity index (χ4n) is 3.48. The molecule has 5 rings (SSSR count). The maximum Gasteiger partial charge on any atom is 0.323 e. The number of rotatable bonds is 6. The molecule has 0 bridgehead atoms. The van der Waals surface area contributed by atoms with Crippen molar-refractivity contribution in [3.8, 4) is 16.9 Å². The molecule has 0 saturated heterocycles. The summed E-state index contributed by atoms with van der Waals surface area (Å²) >= 11 is 0. The van der Waals surface area contributed by atoms with E-state index in [1.165, 1.54) is 0 Å². The fourth-order valence-corrected chi connectivity index (χ4v) is 3.48. The average Bonchev–Trinajstić information content (AvgIpc) is 3.26. The molecule has 0 saturated carbocycles. The van der Waals surface area contributed by atoms with Crippen LogP contribution in [0.25, 0.3) is 16.8 Å². The molecule has 0 atom stereocenters. The fraction of sp³-hybridized carbons (Fsp3) is 0.0400. The molecule has 0 radical (unpaired) electrons. The van der Waals surface area contributed by atoms with Crippen molar-refractivity contribution in [2.75, 3.05) is 23.1 Å². The first-order valence-electron chi connectivity index (χ1n) is 10.5. The van der Waals surface area contributed by atoms with Crippen molar-refractivity contribution in [1.82, 2.24) is 19.6 Å². The van der Waals surface area contributed by atoms with E-state index in [-0.39, 0.29) is 6.03 Å². The second kappa shape index (κ2) is 9.29. The molecule has 34 heavy (non-hydrogen) atoms. The van der Waals surface area contributed by atoms with E-state index in [2.05, 4.69) is 31.0 Å². The highest BCUT2D eigenvalue weighted by molar-refractivity contribution is 6.00. The number of para-hydroxylation sites is 2. The number of amides is 2. The lowest BCUT2D eigenvalue weighted by atomic mass is 10.1. The third-order valence-corrected chi connectivity index (χ3v) is 5.06. The Morgan fingerprint density at radius 1 is 0.912 bits per heavy atom. The Kier molecular flexibility index (Phi) is 5.73. The van der Waals surface area contributed by atoms with Crippen LogP contribution in [-0.2, 0) is 0 Å². The van der Waals surface area contributed by atoms with Gasteiger partial charge in [-0.05, 0) is 54.1 Å². The van der Waals surface area contributed by atoms with Crippen molar-refractivity contribution in [3.05, 3.63) is 91.4 Å². The Hall–Kier alpha value is -4.92. The number of nitrogens with one attached hydrogen (secondary N) is 3. The first kappa shape index (κ1) is 21.0. The Labute approximate surface area is 195 Å². The molecule has 3 heterocycles. The quantitative estimate of drug-likeness (QED) is 0.328. The summed E-state index contributed by atoms with van der Waals surface area (Å²) in [4.78, 5) is 20.8. The molecule has 0 fully saturated rings. The van der Waals surface area contributed by atoms with Crippen LogP contribution >= 0.6 is 0 Å². The predicted molar refractivity (Wildman–Crippen MR) is 132 cm³/mol. The number of anilines is 4. The van der Waals surface area contributed by atoms with Gasteiger partial charge < -0.3 is 20.7 Å². The van der Waals surface area contributed by atoms with Gasteiger partial charge in [0.25, 0.3) is 0 Å². The molecular formula is C25H21N7O2. The summed E-state index contributed by atoms with van der Waals surface area (Å²) in [5, 5.41) is 13.3. The van der Waals surface area contributed by atoms with Crippen molar-refractivity contribution in [2.24, 2.45) is 0 Å². The highest BCUT2D eigenvalue weighted by atomic mass is 16.5. The zero-order chi connectivity index (χ0) is 23.3. The zero-order valence-corrected chi connectivity index (χ0v) is 18.3.